The van der Waals surface area contributed by atoms with Crippen LogP contribution in [0.4, 0.5) is 5.82 Å². The molecule has 2 heterocycles. The Morgan fingerprint density at radius 3 is 2.59 bits per heavy atom. The van der Waals surface area contributed by atoms with Crippen molar-refractivity contribution in [2.24, 2.45) is 5.73 Å². The lowest BCUT2D eigenvalue weighted by atomic mass is 10.1. The van der Waals surface area contributed by atoms with Crippen molar-refractivity contribution in [3.8, 4) is 11.5 Å². The number of phosphoric ester groups is 1. The zero-order valence-electron chi connectivity index (χ0n) is 22.0. The fraction of sp³-hybridized carbons (Fsp3) is 0.407. The van der Waals surface area contributed by atoms with Gasteiger partial charge in [-0.15, -0.1) is 0 Å². The van der Waals surface area contributed by atoms with Gasteiger partial charge in [0.1, 0.15) is 11.3 Å². The molecule has 0 aliphatic rings. The zero-order valence-corrected chi connectivity index (χ0v) is 22.9. The highest BCUT2D eigenvalue weighted by Crippen LogP contribution is 2.43. The fourth-order valence-electron chi connectivity index (χ4n) is 4.59. The summed E-state index contributed by atoms with van der Waals surface area (Å²) in [5.41, 5.74) is 15.6. The van der Waals surface area contributed by atoms with E-state index in [9.17, 15) is 19.5 Å². The van der Waals surface area contributed by atoms with Gasteiger partial charge in [-0.25, -0.2) is 14.5 Å². The lowest BCUT2D eigenvalue weighted by molar-refractivity contribution is 0.131. The van der Waals surface area contributed by atoms with Crippen molar-refractivity contribution in [1.82, 2.24) is 14.5 Å². The number of unbranched alkanes of at least 4 members (excludes halogenated alkanes) is 1. The summed E-state index contributed by atoms with van der Waals surface area (Å²) in [5.74, 6) is 0.473. The number of rotatable bonds is 14. The summed E-state index contributed by atoms with van der Waals surface area (Å²) in [7, 11) is -4.84. The van der Waals surface area contributed by atoms with Crippen molar-refractivity contribution in [3.05, 3.63) is 53.3 Å². The van der Waals surface area contributed by atoms with Gasteiger partial charge < -0.3 is 30.4 Å². The molecule has 0 saturated heterocycles. The number of hydrogen-bond acceptors (Lipinski definition) is 8. The molecule has 0 radical (unpaired) electrons. The lowest BCUT2D eigenvalue weighted by Crippen LogP contribution is -2.07. The summed E-state index contributed by atoms with van der Waals surface area (Å²) in [6.45, 7) is 4.24. The van der Waals surface area contributed by atoms with E-state index in [2.05, 4.69) is 22.5 Å². The number of fused-ring (bicyclic) bond motifs is 3. The maximum absolute atomic E-state index is 11.4. The number of nitrogen functional groups attached to an aromatic ring is 1. The Morgan fingerprint density at radius 2 is 1.85 bits per heavy atom. The molecule has 12 heteroatoms. The van der Waals surface area contributed by atoms with Crippen LogP contribution < -0.4 is 16.0 Å². The van der Waals surface area contributed by atoms with Crippen molar-refractivity contribution in [3.63, 3.8) is 0 Å². The van der Waals surface area contributed by atoms with E-state index >= 15 is 0 Å². The summed E-state index contributed by atoms with van der Waals surface area (Å²) in [4.78, 5) is 27.9. The Kier molecular flexibility index (Phi) is 9.42. The number of aryl methyl sites for hydroxylation is 2. The first-order valence-corrected chi connectivity index (χ1v) is 14.7. The van der Waals surface area contributed by atoms with Crippen LogP contribution in [0.2, 0.25) is 0 Å². The number of pyridine rings is 1. The molecule has 0 aliphatic heterocycles. The Morgan fingerprint density at radius 1 is 1.05 bits per heavy atom. The molecular formula is C27H36N5O6P. The third-order valence-corrected chi connectivity index (χ3v) is 6.91. The molecule has 4 aromatic rings. The second-order valence-corrected chi connectivity index (χ2v) is 10.6. The minimum absolute atomic E-state index is 0.195. The number of aromatic nitrogens is 3. The van der Waals surface area contributed by atoms with Gasteiger partial charge in [0.05, 0.1) is 17.6 Å². The molecule has 0 aliphatic carbocycles. The molecule has 0 spiro atoms. The topological polar surface area (TPSA) is 179 Å². The van der Waals surface area contributed by atoms with E-state index in [-0.39, 0.29) is 18.0 Å². The summed E-state index contributed by atoms with van der Waals surface area (Å²) >= 11 is 0. The average molecular weight is 558 g/mol. The summed E-state index contributed by atoms with van der Waals surface area (Å²) in [6, 6.07) is 10.7. The van der Waals surface area contributed by atoms with Gasteiger partial charge in [0.25, 0.3) is 0 Å². The number of nitrogens with zero attached hydrogens (tertiary/aromatic N) is 3. The third kappa shape index (κ3) is 7.06. The maximum Gasteiger partial charge on any atom is 0.524 e. The highest BCUT2D eigenvalue weighted by molar-refractivity contribution is 7.46. The van der Waals surface area contributed by atoms with Gasteiger partial charge in [-0.3, -0.25) is 9.79 Å². The van der Waals surface area contributed by atoms with Crippen molar-refractivity contribution >= 4 is 35.6 Å². The van der Waals surface area contributed by atoms with Crippen LogP contribution in [0.3, 0.4) is 0 Å². The number of benzene rings is 2. The fourth-order valence-corrected chi connectivity index (χ4v) is 4.99. The van der Waals surface area contributed by atoms with E-state index in [1.165, 1.54) is 6.07 Å². The summed E-state index contributed by atoms with van der Waals surface area (Å²) in [5, 5.41) is 11.7. The van der Waals surface area contributed by atoms with Crippen molar-refractivity contribution in [2.45, 2.75) is 52.0 Å². The van der Waals surface area contributed by atoms with Crippen molar-refractivity contribution in [1.29, 1.82) is 0 Å². The number of aromatic hydroxyl groups is 1. The number of anilines is 1. The van der Waals surface area contributed by atoms with Gasteiger partial charge in [0.2, 0.25) is 0 Å². The molecule has 0 amide bonds. The molecule has 0 saturated carbocycles. The molecule has 39 heavy (non-hydrogen) atoms. The predicted octanol–water partition coefficient (Wildman–Crippen LogP) is 4.03. The molecule has 2 aromatic carbocycles. The van der Waals surface area contributed by atoms with E-state index in [4.69, 9.17) is 21.2 Å². The number of hydrogen-bond donors (Lipinski definition) is 5. The molecule has 210 valence electrons. The van der Waals surface area contributed by atoms with E-state index in [1.807, 2.05) is 16.7 Å². The molecule has 7 N–H and O–H groups in total. The van der Waals surface area contributed by atoms with Crippen LogP contribution >= 0.6 is 7.82 Å². The van der Waals surface area contributed by atoms with Crippen LogP contribution in [0.15, 0.2) is 36.4 Å². The number of ether oxygens (including phenoxy) is 1. The first-order valence-electron chi connectivity index (χ1n) is 13.1. The SMILES string of the molecule is CCCCc1nc2c(N)nc3cc(CCCOCCCN)ccc3c2n1Cc1cccc(OP(=O)(O)O)c1O. The third-order valence-electron chi connectivity index (χ3n) is 6.48. The van der Waals surface area contributed by atoms with Gasteiger partial charge in [-0.05, 0) is 49.9 Å². The second-order valence-electron chi connectivity index (χ2n) is 9.47. The number of phosphoric acid groups is 1. The van der Waals surface area contributed by atoms with Gasteiger partial charge in [0, 0.05) is 30.6 Å². The highest BCUT2D eigenvalue weighted by Gasteiger charge is 2.22. The van der Waals surface area contributed by atoms with Crippen LogP contribution in [0, 0.1) is 0 Å². The quantitative estimate of drug-likeness (QED) is 0.112. The Hall–Kier alpha value is -3.21. The summed E-state index contributed by atoms with van der Waals surface area (Å²) in [6.07, 6.45) is 5.11. The molecule has 4 rings (SSSR count). The van der Waals surface area contributed by atoms with Gasteiger partial charge in [0.15, 0.2) is 17.3 Å². The first kappa shape index (κ1) is 28.8. The Balaban J connectivity index is 1.73. The Bertz CT molecular complexity index is 1490. The lowest BCUT2D eigenvalue weighted by Gasteiger charge is -2.15. The van der Waals surface area contributed by atoms with Gasteiger partial charge in [-0.1, -0.05) is 37.6 Å². The van der Waals surface area contributed by atoms with Crippen LogP contribution in [0.1, 0.15) is 49.6 Å². The smallest absolute Gasteiger partial charge is 0.504 e. The normalized spacial score (nSPS) is 12.0. The number of para-hydroxylation sites is 1. The van der Waals surface area contributed by atoms with Crippen LogP contribution in [-0.2, 0) is 28.7 Å². The number of phenols is 1. The number of imidazole rings is 1. The minimum Gasteiger partial charge on any atom is -0.504 e. The van der Waals surface area contributed by atoms with Crippen LogP contribution in [-0.4, -0.2) is 49.2 Å². The number of nitrogens with two attached hydrogens (primary N) is 2. The Labute approximate surface area is 227 Å². The molecule has 0 bridgehead atoms. The molecular weight excluding hydrogens is 521 g/mol. The largest absolute Gasteiger partial charge is 0.524 e. The standard InChI is InChI=1S/C27H36N5O6P/c1-2-3-10-23-31-24-25(32(23)17-19-8-4-9-22(26(19)33)38-39(34,35)36)20-12-11-18(16-21(20)30-27(24)29)7-5-14-37-15-6-13-28/h4,8-9,11-12,16,33H,2-3,5-7,10,13-15,17,28H2,1H3,(H2,29,30)(H2,34,35,36). The minimum atomic E-state index is -4.84. The van der Waals surface area contributed by atoms with E-state index in [0.29, 0.717) is 43.1 Å². The predicted molar refractivity (Wildman–Crippen MR) is 151 cm³/mol. The monoisotopic (exact) mass is 557 g/mol. The molecule has 11 nitrogen and oxygen atoms in total. The molecule has 0 atom stereocenters. The van der Waals surface area contributed by atoms with Gasteiger partial charge in [-0.2, -0.15) is 0 Å². The average Bonchev–Trinajstić information content (AvgIpc) is 3.25. The van der Waals surface area contributed by atoms with E-state index < -0.39 is 7.82 Å². The first-order chi connectivity index (χ1) is 18.7. The van der Waals surface area contributed by atoms with Crippen LogP contribution in [0.5, 0.6) is 11.5 Å². The second kappa shape index (κ2) is 12.8. The highest BCUT2D eigenvalue weighted by atomic mass is 31.2. The summed E-state index contributed by atoms with van der Waals surface area (Å²) < 4.78 is 23.7. The van der Waals surface area contributed by atoms with Crippen LogP contribution in [0.25, 0.3) is 21.9 Å². The van der Waals surface area contributed by atoms with Crippen molar-refractivity contribution in [2.75, 3.05) is 25.5 Å². The molecule has 0 fully saturated rings. The zero-order chi connectivity index (χ0) is 28.0. The molecule has 2 aromatic heterocycles. The van der Waals surface area contributed by atoms with Gasteiger partial charge >= 0.3 is 7.82 Å². The van der Waals surface area contributed by atoms with Crippen molar-refractivity contribution < 1.29 is 28.7 Å². The maximum atomic E-state index is 11.4. The molecule has 0 unspecified atom stereocenters. The number of phenolic OH excluding ortho intramolecular Hbond substituents is 1. The van der Waals surface area contributed by atoms with E-state index in [1.54, 1.807) is 12.1 Å². The van der Waals surface area contributed by atoms with E-state index in [0.717, 1.165) is 59.9 Å².